The Kier molecular flexibility index (Phi) is 8.86. The van der Waals surface area contributed by atoms with Crippen molar-refractivity contribution in [2.24, 2.45) is 0 Å². The van der Waals surface area contributed by atoms with Crippen molar-refractivity contribution in [3.63, 3.8) is 0 Å². The van der Waals surface area contributed by atoms with Gasteiger partial charge in [0.15, 0.2) is 0 Å². The highest BCUT2D eigenvalue weighted by Crippen LogP contribution is 2.14. The molecule has 120 valence electrons. The molecule has 0 saturated carbocycles. The molecular weight excluding hydrogens is 276 g/mol. The Morgan fingerprint density at radius 2 is 1.50 bits per heavy atom. The fourth-order valence-electron chi connectivity index (χ4n) is 2.31. The lowest BCUT2D eigenvalue weighted by molar-refractivity contribution is 0.0773. The third-order valence-electron chi connectivity index (χ3n) is 3.85. The van der Waals surface area contributed by atoms with Crippen LogP contribution in [0.2, 0.25) is 6.04 Å². The van der Waals surface area contributed by atoms with Gasteiger partial charge in [-0.1, -0.05) is 0 Å². The standard InChI is InChI=1S/C13H30N2O4Si/c1-14-6-8-15(9-7-14)10-12-19-11-5-13-20(16-2,17-3)18-4/h5-13H2,1-4H3. The van der Waals surface area contributed by atoms with Gasteiger partial charge in [0.2, 0.25) is 0 Å². The number of nitrogens with zero attached hydrogens (tertiary/aromatic N) is 2. The molecule has 7 heteroatoms. The molecule has 0 atom stereocenters. The summed E-state index contributed by atoms with van der Waals surface area (Å²) in [4.78, 5) is 4.82. The second-order valence-corrected chi connectivity index (χ2v) is 8.25. The van der Waals surface area contributed by atoms with Gasteiger partial charge in [0.25, 0.3) is 0 Å². The molecule has 20 heavy (non-hydrogen) atoms. The minimum Gasteiger partial charge on any atom is -0.380 e. The zero-order chi connectivity index (χ0) is 14.8. The molecule has 0 amide bonds. The first-order chi connectivity index (χ1) is 9.65. The highest BCUT2D eigenvalue weighted by molar-refractivity contribution is 6.60. The van der Waals surface area contributed by atoms with Crippen molar-refractivity contribution < 1.29 is 18.0 Å². The molecule has 1 aliphatic heterocycles. The van der Waals surface area contributed by atoms with Gasteiger partial charge in [-0.05, 0) is 13.5 Å². The van der Waals surface area contributed by atoms with Gasteiger partial charge < -0.3 is 22.9 Å². The second kappa shape index (κ2) is 9.83. The molecule has 1 fully saturated rings. The van der Waals surface area contributed by atoms with E-state index in [4.69, 9.17) is 18.0 Å². The second-order valence-electron chi connectivity index (χ2n) is 5.16. The average molecular weight is 306 g/mol. The van der Waals surface area contributed by atoms with Gasteiger partial charge in [-0.2, -0.15) is 0 Å². The van der Waals surface area contributed by atoms with Gasteiger partial charge in [0.1, 0.15) is 0 Å². The van der Waals surface area contributed by atoms with Crippen molar-refractivity contribution in [2.45, 2.75) is 12.5 Å². The van der Waals surface area contributed by atoms with Crippen molar-refractivity contribution in [2.75, 3.05) is 74.3 Å². The summed E-state index contributed by atoms with van der Waals surface area (Å²) in [6, 6.07) is 0.797. The summed E-state index contributed by atoms with van der Waals surface area (Å²) in [7, 11) is 4.70. The van der Waals surface area contributed by atoms with Crippen LogP contribution in [0, 0.1) is 0 Å². The lowest BCUT2D eigenvalue weighted by Gasteiger charge is -2.32. The predicted octanol–water partition coefficient (Wildman–Crippen LogP) is 0.519. The average Bonchev–Trinajstić information content (AvgIpc) is 2.49. The first-order valence-electron chi connectivity index (χ1n) is 7.30. The molecule has 0 N–H and O–H groups in total. The topological polar surface area (TPSA) is 43.4 Å². The van der Waals surface area contributed by atoms with E-state index >= 15 is 0 Å². The van der Waals surface area contributed by atoms with Crippen LogP contribution in [-0.2, 0) is 18.0 Å². The van der Waals surface area contributed by atoms with Crippen LogP contribution in [0.5, 0.6) is 0 Å². The lowest BCUT2D eigenvalue weighted by atomic mass is 10.3. The Morgan fingerprint density at radius 3 is 2.05 bits per heavy atom. The quantitative estimate of drug-likeness (QED) is 0.433. The van der Waals surface area contributed by atoms with Crippen molar-refractivity contribution in [3.8, 4) is 0 Å². The largest absolute Gasteiger partial charge is 0.500 e. The van der Waals surface area contributed by atoms with E-state index in [1.807, 2.05) is 0 Å². The van der Waals surface area contributed by atoms with Crippen LogP contribution >= 0.6 is 0 Å². The number of ether oxygens (including phenoxy) is 1. The Hall–Kier alpha value is -0.0231. The minimum atomic E-state index is -2.41. The van der Waals surface area contributed by atoms with Crippen LogP contribution in [-0.4, -0.2) is 92.9 Å². The number of piperazine rings is 1. The zero-order valence-corrected chi connectivity index (χ0v) is 14.4. The van der Waals surface area contributed by atoms with E-state index in [1.165, 1.54) is 0 Å². The Balaban J connectivity index is 2.02. The molecule has 0 spiro atoms. The third kappa shape index (κ3) is 6.17. The molecule has 1 rings (SSSR count). The van der Waals surface area contributed by atoms with E-state index in [-0.39, 0.29) is 0 Å². The molecular formula is C13H30N2O4Si. The summed E-state index contributed by atoms with van der Waals surface area (Å²) in [6.07, 6.45) is 0.907. The molecule has 1 heterocycles. The monoisotopic (exact) mass is 306 g/mol. The van der Waals surface area contributed by atoms with Crippen LogP contribution < -0.4 is 0 Å². The molecule has 0 unspecified atom stereocenters. The first kappa shape index (κ1) is 18.0. The van der Waals surface area contributed by atoms with Crippen molar-refractivity contribution in [3.05, 3.63) is 0 Å². The van der Waals surface area contributed by atoms with Gasteiger partial charge in [-0.15, -0.1) is 0 Å². The van der Waals surface area contributed by atoms with Gasteiger partial charge in [0, 0.05) is 66.7 Å². The normalized spacial score (nSPS) is 18.6. The summed E-state index contributed by atoms with van der Waals surface area (Å²) in [5, 5.41) is 0. The summed E-state index contributed by atoms with van der Waals surface area (Å²) < 4.78 is 21.8. The molecule has 0 aromatic carbocycles. The van der Waals surface area contributed by atoms with Crippen LogP contribution in [0.3, 0.4) is 0 Å². The number of hydrogen-bond acceptors (Lipinski definition) is 6. The van der Waals surface area contributed by atoms with Crippen molar-refractivity contribution in [1.82, 2.24) is 9.80 Å². The van der Waals surface area contributed by atoms with Crippen molar-refractivity contribution >= 4 is 8.80 Å². The minimum absolute atomic E-state index is 0.735. The smallest absolute Gasteiger partial charge is 0.380 e. The zero-order valence-electron chi connectivity index (χ0n) is 13.4. The van der Waals surface area contributed by atoms with Crippen LogP contribution in [0.4, 0.5) is 0 Å². The SMILES string of the molecule is CO[Si](CCCOCCN1CCN(C)CC1)(OC)OC. The van der Waals surface area contributed by atoms with Crippen LogP contribution in [0.1, 0.15) is 6.42 Å². The predicted molar refractivity (Wildman–Crippen MR) is 81.0 cm³/mol. The Labute approximate surface area is 124 Å². The fourth-order valence-corrected chi connectivity index (χ4v) is 4.00. The highest BCUT2D eigenvalue weighted by atomic mass is 28.4. The van der Waals surface area contributed by atoms with Gasteiger partial charge in [-0.25, -0.2) is 0 Å². The number of hydrogen-bond donors (Lipinski definition) is 0. The van der Waals surface area contributed by atoms with Crippen LogP contribution in [0.15, 0.2) is 0 Å². The van der Waals surface area contributed by atoms with E-state index in [9.17, 15) is 0 Å². The van der Waals surface area contributed by atoms with E-state index in [0.29, 0.717) is 0 Å². The Bertz CT molecular complexity index is 238. The molecule has 0 aromatic rings. The van der Waals surface area contributed by atoms with Crippen molar-refractivity contribution in [1.29, 1.82) is 0 Å². The van der Waals surface area contributed by atoms with E-state index < -0.39 is 8.80 Å². The van der Waals surface area contributed by atoms with Gasteiger partial charge in [0.05, 0.1) is 6.61 Å². The first-order valence-corrected chi connectivity index (χ1v) is 9.23. The lowest BCUT2D eigenvalue weighted by Crippen LogP contribution is -2.45. The molecule has 6 nitrogen and oxygen atoms in total. The maximum absolute atomic E-state index is 5.69. The Morgan fingerprint density at radius 1 is 0.900 bits per heavy atom. The fraction of sp³-hybridized carbons (Fsp3) is 1.00. The summed E-state index contributed by atoms with van der Waals surface area (Å²) >= 11 is 0. The molecule has 0 aliphatic carbocycles. The highest BCUT2D eigenvalue weighted by Gasteiger charge is 2.36. The van der Waals surface area contributed by atoms with E-state index in [0.717, 1.165) is 58.4 Å². The van der Waals surface area contributed by atoms with Gasteiger partial charge in [-0.3, -0.25) is 4.90 Å². The number of rotatable bonds is 10. The van der Waals surface area contributed by atoms with E-state index in [1.54, 1.807) is 21.3 Å². The summed E-state index contributed by atoms with van der Waals surface area (Å²) in [6.45, 7) is 7.16. The molecule has 1 saturated heterocycles. The number of likely N-dealkylation sites (N-methyl/N-ethyl adjacent to an activating group) is 1. The van der Waals surface area contributed by atoms with Crippen LogP contribution in [0.25, 0.3) is 0 Å². The molecule has 0 aromatic heterocycles. The molecule has 0 bridgehead atoms. The molecule has 1 aliphatic rings. The molecule has 0 radical (unpaired) electrons. The van der Waals surface area contributed by atoms with E-state index in [2.05, 4.69) is 16.8 Å². The maximum atomic E-state index is 5.69. The summed E-state index contributed by atoms with van der Waals surface area (Å²) in [5.74, 6) is 0. The summed E-state index contributed by atoms with van der Waals surface area (Å²) in [5.41, 5.74) is 0. The maximum Gasteiger partial charge on any atom is 0.500 e. The van der Waals surface area contributed by atoms with Gasteiger partial charge >= 0.3 is 8.80 Å². The third-order valence-corrected chi connectivity index (χ3v) is 6.68.